The van der Waals surface area contributed by atoms with E-state index < -0.39 is 11.9 Å². The highest BCUT2D eigenvalue weighted by molar-refractivity contribution is 6.04. The molecule has 3 aliphatic rings. The maximum atomic E-state index is 13.4. The van der Waals surface area contributed by atoms with Crippen LogP contribution in [0, 0.1) is 5.41 Å². The van der Waals surface area contributed by atoms with Crippen molar-refractivity contribution in [2.24, 2.45) is 5.41 Å². The second kappa shape index (κ2) is 8.10. The smallest absolute Gasteiger partial charge is 0.337 e. The van der Waals surface area contributed by atoms with Crippen LogP contribution in [-0.4, -0.2) is 18.5 Å². The first-order valence-corrected chi connectivity index (χ1v) is 11.2. The monoisotopic (exact) mass is 445 g/mol. The van der Waals surface area contributed by atoms with E-state index in [-0.39, 0.29) is 24.6 Å². The number of hydrogen-bond acceptors (Lipinski definition) is 6. The summed E-state index contributed by atoms with van der Waals surface area (Å²) in [5.74, 6) is 0.369. The Morgan fingerprint density at radius 1 is 1.09 bits per heavy atom. The van der Waals surface area contributed by atoms with Gasteiger partial charge in [0.05, 0.1) is 5.57 Å². The number of carbonyl (C=O) groups excluding carboxylic acids is 2. The fourth-order valence-electron chi connectivity index (χ4n) is 4.93. The summed E-state index contributed by atoms with van der Waals surface area (Å²) in [6, 6.07) is 15.2. The molecule has 0 aromatic heterocycles. The number of fused-ring (bicyclic) bond motifs is 1. The molecule has 5 rings (SSSR count). The number of esters is 1. The minimum atomic E-state index is -0.525. The summed E-state index contributed by atoms with van der Waals surface area (Å²) in [4.78, 5) is 26.8. The Balaban J connectivity index is 1.55. The fraction of sp³-hybridized carbons (Fsp3) is 0.333. The van der Waals surface area contributed by atoms with Gasteiger partial charge in [-0.05, 0) is 42.0 Å². The summed E-state index contributed by atoms with van der Waals surface area (Å²) in [5.41, 5.74) is 4.27. The first-order valence-electron chi connectivity index (χ1n) is 11.2. The van der Waals surface area contributed by atoms with Crippen LogP contribution in [0.15, 0.2) is 71.1 Å². The maximum absolute atomic E-state index is 13.4. The van der Waals surface area contributed by atoms with E-state index in [0.717, 1.165) is 23.2 Å². The SMILES string of the molecule is CC1=C(C(=O)OCc2ccccc2)[C@@H](c2ccc3c(c2)OCO3)C2=C(CC(C)(C)CC2=O)N1. The predicted molar refractivity (Wildman–Crippen MR) is 122 cm³/mol. The Hall–Kier alpha value is -3.54. The Labute approximate surface area is 193 Å². The standard InChI is InChI=1S/C27H27NO5/c1-16-23(26(30)31-14-17-7-5-4-6-8-17)24(18-9-10-21-22(11-18)33-15-32-21)25-19(28-16)12-27(2,3)13-20(25)29/h4-11,24,28H,12-15H2,1-3H3/t24-/m1/s1. The van der Waals surface area contributed by atoms with Crippen LogP contribution in [0.3, 0.4) is 0 Å². The summed E-state index contributed by atoms with van der Waals surface area (Å²) in [6.45, 7) is 6.38. The van der Waals surface area contributed by atoms with Gasteiger partial charge in [-0.2, -0.15) is 0 Å². The average molecular weight is 446 g/mol. The van der Waals surface area contributed by atoms with E-state index in [0.29, 0.717) is 34.8 Å². The van der Waals surface area contributed by atoms with E-state index in [1.807, 2.05) is 55.5 Å². The second-order valence-electron chi connectivity index (χ2n) is 9.60. The molecule has 2 aromatic carbocycles. The van der Waals surface area contributed by atoms with Crippen molar-refractivity contribution in [1.82, 2.24) is 5.32 Å². The van der Waals surface area contributed by atoms with E-state index in [1.165, 1.54) is 0 Å². The van der Waals surface area contributed by atoms with Crippen molar-refractivity contribution in [3.8, 4) is 11.5 Å². The number of Topliss-reactive ketones (excluding diaryl/α,β-unsaturated/α-hetero) is 1. The van der Waals surface area contributed by atoms with Crippen molar-refractivity contribution < 1.29 is 23.8 Å². The number of ether oxygens (including phenoxy) is 3. The summed E-state index contributed by atoms with van der Waals surface area (Å²) < 4.78 is 16.8. The van der Waals surface area contributed by atoms with E-state index in [9.17, 15) is 9.59 Å². The van der Waals surface area contributed by atoms with Gasteiger partial charge in [0.1, 0.15) is 6.61 Å². The van der Waals surface area contributed by atoms with Gasteiger partial charge in [0.25, 0.3) is 0 Å². The van der Waals surface area contributed by atoms with E-state index in [2.05, 4.69) is 19.2 Å². The van der Waals surface area contributed by atoms with Gasteiger partial charge in [0, 0.05) is 29.3 Å². The lowest BCUT2D eigenvalue weighted by Gasteiger charge is -2.39. The van der Waals surface area contributed by atoms with Crippen molar-refractivity contribution in [3.63, 3.8) is 0 Å². The summed E-state index contributed by atoms with van der Waals surface area (Å²) >= 11 is 0. The molecule has 0 amide bonds. The molecule has 6 nitrogen and oxygen atoms in total. The molecular formula is C27H27NO5. The molecule has 2 aliphatic heterocycles. The van der Waals surface area contributed by atoms with Crippen molar-refractivity contribution in [2.75, 3.05) is 6.79 Å². The van der Waals surface area contributed by atoms with Crippen molar-refractivity contribution in [2.45, 2.75) is 46.1 Å². The molecule has 0 spiro atoms. The third kappa shape index (κ3) is 4.01. The molecule has 1 aliphatic carbocycles. The lowest BCUT2D eigenvalue weighted by molar-refractivity contribution is -0.140. The molecule has 0 saturated heterocycles. The summed E-state index contributed by atoms with van der Waals surface area (Å²) in [5, 5.41) is 3.37. The summed E-state index contributed by atoms with van der Waals surface area (Å²) in [6.07, 6.45) is 1.17. The molecule has 6 heteroatoms. The van der Waals surface area contributed by atoms with Crippen LogP contribution in [-0.2, 0) is 20.9 Å². The number of hydrogen-bond donors (Lipinski definition) is 1. The number of dihydropyridines is 1. The Kier molecular flexibility index (Phi) is 5.23. The molecule has 0 bridgehead atoms. The molecular weight excluding hydrogens is 418 g/mol. The van der Waals surface area contributed by atoms with Crippen molar-refractivity contribution in [3.05, 3.63) is 82.2 Å². The number of allylic oxidation sites excluding steroid dienone is 3. The quantitative estimate of drug-likeness (QED) is 0.684. The molecule has 0 saturated carbocycles. The Morgan fingerprint density at radius 3 is 2.64 bits per heavy atom. The predicted octanol–water partition coefficient (Wildman–Crippen LogP) is 4.76. The van der Waals surface area contributed by atoms with Gasteiger partial charge in [0.2, 0.25) is 6.79 Å². The van der Waals surface area contributed by atoms with E-state index >= 15 is 0 Å². The third-order valence-corrected chi connectivity index (χ3v) is 6.40. The molecule has 0 radical (unpaired) electrons. The molecule has 33 heavy (non-hydrogen) atoms. The molecule has 1 N–H and O–H groups in total. The van der Waals surface area contributed by atoms with Gasteiger partial charge in [0.15, 0.2) is 17.3 Å². The van der Waals surface area contributed by atoms with Gasteiger partial charge in [-0.25, -0.2) is 4.79 Å². The van der Waals surface area contributed by atoms with Crippen LogP contribution < -0.4 is 14.8 Å². The Morgan fingerprint density at radius 2 is 1.85 bits per heavy atom. The van der Waals surface area contributed by atoms with Gasteiger partial charge < -0.3 is 19.5 Å². The number of rotatable bonds is 4. The number of benzene rings is 2. The molecule has 2 heterocycles. The van der Waals surface area contributed by atoms with Crippen LogP contribution in [0.5, 0.6) is 11.5 Å². The normalized spacial score (nSPS) is 20.9. The topological polar surface area (TPSA) is 73.9 Å². The molecule has 0 unspecified atom stereocenters. The highest BCUT2D eigenvalue weighted by Crippen LogP contribution is 2.48. The van der Waals surface area contributed by atoms with Gasteiger partial charge in [-0.3, -0.25) is 4.79 Å². The molecule has 0 fully saturated rings. The zero-order valence-electron chi connectivity index (χ0n) is 19.1. The van der Waals surface area contributed by atoms with E-state index in [4.69, 9.17) is 14.2 Å². The van der Waals surface area contributed by atoms with Crippen LogP contribution in [0.2, 0.25) is 0 Å². The van der Waals surface area contributed by atoms with Crippen LogP contribution in [0.1, 0.15) is 50.7 Å². The lowest BCUT2D eigenvalue weighted by Crippen LogP contribution is -2.38. The fourth-order valence-corrected chi connectivity index (χ4v) is 4.93. The van der Waals surface area contributed by atoms with Crippen molar-refractivity contribution in [1.29, 1.82) is 0 Å². The van der Waals surface area contributed by atoms with Crippen LogP contribution >= 0.6 is 0 Å². The second-order valence-corrected chi connectivity index (χ2v) is 9.60. The van der Waals surface area contributed by atoms with Gasteiger partial charge in [-0.1, -0.05) is 50.2 Å². The van der Waals surface area contributed by atoms with E-state index in [1.54, 1.807) is 0 Å². The maximum Gasteiger partial charge on any atom is 0.337 e. The molecule has 2 aromatic rings. The Bertz CT molecular complexity index is 1190. The molecule has 1 atom stereocenters. The highest BCUT2D eigenvalue weighted by Gasteiger charge is 2.43. The summed E-state index contributed by atoms with van der Waals surface area (Å²) in [7, 11) is 0. The number of carbonyl (C=O) groups is 2. The number of nitrogens with one attached hydrogen (secondary N) is 1. The van der Waals surface area contributed by atoms with Crippen LogP contribution in [0.25, 0.3) is 0 Å². The van der Waals surface area contributed by atoms with Gasteiger partial charge in [-0.15, -0.1) is 0 Å². The largest absolute Gasteiger partial charge is 0.457 e. The minimum absolute atomic E-state index is 0.0530. The average Bonchev–Trinajstić information content (AvgIpc) is 3.24. The van der Waals surface area contributed by atoms with Crippen LogP contribution in [0.4, 0.5) is 0 Å². The zero-order valence-corrected chi connectivity index (χ0v) is 19.1. The number of ketones is 1. The first kappa shape index (κ1) is 21.3. The zero-order chi connectivity index (χ0) is 23.2. The van der Waals surface area contributed by atoms with Gasteiger partial charge >= 0.3 is 5.97 Å². The third-order valence-electron chi connectivity index (χ3n) is 6.40. The highest BCUT2D eigenvalue weighted by atomic mass is 16.7. The first-order chi connectivity index (χ1) is 15.8. The lowest BCUT2D eigenvalue weighted by atomic mass is 9.68. The molecule has 170 valence electrons. The van der Waals surface area contributed by atoms with Crippen molar-refractivity contribution >= 4 is 11.8 Å². The minimum Gasteiger partial charge on any atom is -0.457 e.